The second-order valence-electron chi connectivity index (χ2n) is 7.73. The summed E-state index contributed by atoms with van der Waals surface area (Å²) in [6.45, 7) is 6.31. The van der Waals surface area contributed by atoms with Crippen LogP contribution in [0.5, 0.6) is 0 Å². The van der Waals surface area contributed by atoms with E-state index in [0.717, 1.165) is 51.3 Å². The van der Waals surface area contributed by atoms with Gasteiger partial charge in [0.1, 0.15) is 5.82 Å². The Morgan fingerprint density at radius 2 is 2.08 bits per heavy atom. The van der Waals surface area contributed by atoms with E-state index >= 15 is 0 Å². The van der Waals surface area contributed by atoms with Gasteiger partial charge in [0.15, 0.2) is 0 Å². The number of carbonyl (C=O) groups is 1. The van der Waals surface area contributed by atoms with Gasteiger partial charge in [-0.25, -0.2) is 0 Å². The number of likely N-dealkylation sites (tertiary alicyclic amines) is 1. The van der Waals surface area contributed by atoms with Gasteiger partial charge in [0, 0.05) is 48.4 Å². The SMILES string of the molecule is Cc1ccc(CN2C[C@H]3Cc4nnc(C(=O)NC5CC5)n4C[C@@H]3C2)s1. The molecule has 0 aromatic carbocycles. The Labute approximate surface area is 151 Å². The molecule has 2 aromatic rings. The van der Waals surface area contributed by atoms with E-state index < -0.39 is 0 Å². The molecule has 7 heteroatoms. The summed E-state index contributed by atoms with van der Waals surface area (Å²) in [7, 11) is 0. The second kappa shape index (κ2) is 5.92. The number of thiophene rings is 1. The van der Waals surface area contributed by atoms with Gasteiger partial charge in [0.25, 0.3) is 5.91 Å². The van der Waals surface area contributed by atoms with E-state index in [1.165, 1.54) is 9.75 Å². The third kappa shape index (κ3) is 3.00. The highest BCUT2D eigenvalue weighted by molar-refractivity contribution is 7.11. The largest absolute Gasteiger partial charge is 0.347 e. The van der Waals surface area contributed by atoms with E-state index in [0.29, 0.717) is 23.7 Å². The molecule has 1 saturated heterocycles. The molecule has 2 aromatic heterocycles. The number of aromatic nitrogens is 3. The molecule has 1 N–H and O–H groups in total. The van der Waals surface area contributed by atoms with Crippen molar-refractivity contribution in [2.75, 3.05) is 13.1 Å². The molecule has 0 spiro atoms. The van der Waals surface area contributed by atoms with Crippen LogP contribution >= 0.6 is 11.3 Å². The minimum Gasteiger partial charge on any atom is -0.347 e. The third-order valence-electron chi connectivity index (χ3n) is 5.63. The number of amides is 1. The average Bonchev–Trinajstić information content (AvgIpc) is 2.98. The van der Waals surface area contributed by atoms with Gasteiger partial charge in [0.05, 0.1) is 0 Å². The number of hydrogen-bond donors (Lipinski definition) is 1. The molecule has 1 aliphatic carbocycles. The summed E-state index contributed by atoms with van der Waals surface area (Å²) in [5, 5.41) is 11.5. The minimum absolute atomic E-state index is 0.0522. The van der Waals surface area contributed by atoms with Gasteiger partial charge in [-0.1, -0.05) is 0 Å². The first-order chi connectivity index (χ1) is 12.2. The number of fused-ring (bicyclic) bond motifs is 2. The lowest BCUT2D eigenvalue weighted by atomic mass is 9.89. The molecule has 2 aliphatic heterocycles. The highest BCUT2D eigenvalue weighted by atomic mass is 32.1. The molecule has 3 aliphatic rings. The lowest BCUT2D eigenvalue weighted by molar-refractivity contribution is 0.0932. The Morgan fingerprint density at radius 3 is 2.84 bits per heavy atom. The summed E-state index contributed by atoms with van der Waals surface area (Å²) in [6.07, 6.45) is 3.12. The molecule has 0 radical (unpaired) electrons. The summed E-state index contributed by atoms with van der Waals surface area (Å²) in [4.78, 5) is 17.8. The molecule has 2 fully saturated rings. The van der Waals surface area contributed by atoms with Crippen molar-refractivity contribution in [3.05, 3.63) is 33.5 Å². The number of nitrogens with zero attached hydrogens (tertiary/aromatic N) is 4. The first-order valence-corrected chi connectivity index (χ1v) is 9.98. The van der Waals surface area contributed by atoms with E-state index in [2.05, 4.69) is 44.0 Å². The smallest absolute Gasteiger partial charge is 0.289 e. The molecule has 0 bridgehead atoms. The van der Waals surface area contributed by atoms with Gasteiger partial charge < -0.3 is 9.88 Å². The van der Waals surface area contributed by atoms with E-state index in [9.17, 15) is 4.79 Å². The second-order valence-corrected chi connectivity index (χ2v) is 9.10. The number of aryl methyl sites for hydroxylation is 1. The standard InChI is InChI=1S/C18H23N5OS/c1-11-2-5-15(25-11)10-22-7-12-6-16-20-21-17(18(24)19-14-3-4-14)23(16)9-13(12)8-22/h2,5,12-14H,3-4,6-10H2,1H3,(H,19,24)/t12-,13+/m1/s1. The van der Waals surface area contributed by atoms with Crippen LogP contribution in [-0.2, 0) is 19.5 Å². The Hall–Kier alpha value is -1.73. The fraction of sp³-hybridized carbons (Fsp3) is 0.611. The van der Waals surface area contributed by atoms with Crippen LogP contribution < -0.4 is 5.32 Å². The highest BCUT2D eigenvalue weighted by Crippen LogP contribution is 2.34. The van der Waals surface area contributed by atoms with Gasteiger partial charge in [-0.3, -0.25) is 9.69 Å². The van der Waals surface area contributed by atoms with E-state index in [1.807, 2.05) is 11.3 Å². The van der Waals surface area contributed by atoms with Crippen molar-refractivity contribution in [1.29, 1.82) is 0 Å². The van der Waals surface area contributed by atoms with Crippen LogP contribution in [0.4, 0.5) is 0 Å². The zero-order valence-corrected chi connectivity index (χ0v) is 15.3. The van der Waals surface area contributed by atoms with Crippen molar-refractivity contribution in [2.45, 2.75) is 45.3 Å². The Bertz CT molecular complexity index is 808. The lowest BCUT2D eigenvalue weighted by Crippen LogP contribution is -2.33. The zero-order valence-electron chi connectivity index (χ0n) is 14.4. The molecule has 4 heterocycles. The molecular weight excluding hydrogens is 334 g/mol. The predicted molar refractivity (Wildman–Crippen MR) is 95.5 cm³/mol. The van der Waals surface area contributed by atoms with Crippen molar-refractivity contribution in [3.63, 3.8) is 0 Å². The van der Waals surface area contributed by atoms with Crippen LogP contribution in [0.2, 0.25) is 0 Å². The molecule has 1 amide bonds. The first-order valence-electron chi connectivity index (χ1n) is 9.16. The number of nitrogens with one attached hydrogen (secondary N) is 1. The number of hydrogen-bond acceptors (Lipinski definition) is 5. The van der Waals surface area contributed by atoms with Crippen LogP contribution in [0.15, 0.2) is 12.1 Å². The van der Waals surface area contributed by atoms with E-state index in [4.69, 9.17) is 0 Å². The fourth-order valence-electron chi connectivity index (χ4n) is 4.19. The summed E-state index contributed by atoms with van der Waals surface area (Å²) in [6, 6.07) is 4.81. The van der Waals surface area contributed by atoms with Crippen LogP contribution in [0.1, 0.15) is 39.0 Å². The summed E-state index contributed by atoms with van der Waals surface area (Å²) in [5.41, 5.74) is 0. The lowest BCUT2D eigenvalue weighted by Gasteiger charge is -2.25. The first kappa shape index (κ1) is 15.5. The third-order valence-corrected chi connectivity index (χ3v) is 6.62. The van der Waals surface area contributed by atoms with Gasteiger partial charge in [-0.05, 0) is 43.7 Å². The zero-order chi connectivity index (χ0) is 17.0. The van der Waals surface area contributed by atoms with Crippen molar-refractivity contribution in [1.82, 2.24) is 25.0 Å². The van der Waals surface area contributed by atoms with Crippen molar-refractivity contribution < 1.29 is 4.79 Å². The Balaban J connectivity index is 1.28. The maximum Gasteiger partial charge on any atom is 0.289 e. The van der Waals surface area contributed by atoms with Crippen molar-refractivity contribution in [2.24, 2.45) is 11.8 Å². The molecule has 5 rings (SSSR count). The van der Waals surface area contributed by atoms with Gasteiger partial charge in [-0.2, -0.15) is 0 Å². The van der Waals surface area contributed by atoms with Crippen LogP contribution in [0.3, 0.4) is 0 Å². The fourth-order valence-corrected chi connectivity index (χ4v) is 5.12. The highest BCUT2D eigenvalue weighted by Gasteiger charge is 2.39. The molecule has 1 saturated carbocycles. The molecule has 0 unspecified atom stereocenters. The van der Waals surface area contributed by atoms with Crippen molar-refractivity contribution in [3.8, 4) is 0 Å². The van der Waals surface area contributed by atoms with Gasteiger partial charge >= 0.3 is 0 Å². The normalized spacial score (nSPS) is 25.6. The number of carbonyl (C=O) groups excluding carboxylic acids is 1. The molecule has 132 valence electrons. The molecule has 2 atom stereocenters. The quantitative estimate of drug-likeness (QED) is 0.907. The maximum absolute atomic E-state index is 12.4. The Morgan fingerprint density at radius 1 is 1.24 bits per heavy atom. The minimum atomic E-state index is -0.0522. The summed E-state index contributed by atoms with van der Waals surface area (Å²) < 4.78 is 2.07. The number of rotatable bonds is 4. The average molecular weight is 357 g/mol. The summed E-state index contributed by atoms with van der Waals surface area (Å²) in [5.74, 6) is 2.67. The van der Waals surface area contributed by atoms with Crippen LogP contribution in [-0.4, -0.2) is 44.7 Å². The maximum atomic E-state index is 12.4. The van der Waals surface area contributed by atoms with Crippen molar-refractivity contribution >= 4 is 17.2 Å². The predicted octanol–water partition coefficient (Wildman–Crippen LogP) is 1.84. The van der Waals surface area contributed by atoms with Crippen LogP contribution in [0, 0.1) is 18.8 Å². The van der Waals surface area contributed by atoms with Gasteiger partial charge in [-0.15, -0.1) is 21.5 Å². The molecular formula is C18H23N5OS. The summed E-state index contributed by atoms with van der Waals surface area (Å²) >= 11 is 1.89. The molecule has 25 heavy (non-hydrogen) atoms. The van der Waals surface area contributed by atoms with Gasteiger partial charge in [0.2, 0.25) is 5.82 Å². The topological polar surface area (TPSA) is 63.1 Å². The molecule has 6 nitrogen and oxygen atoms in total. The Kier molecular flexibility index (Phi) is 3.67. The monoisotopic (exact) mass is 357 g/mol. The van der Waals surface area contributed by atoms with E-state index in [1.54, 1.807) is 0 Å². The van der Waals surface area contributed by atoms with E-state index in [-0.39, 0.29) is 5.91 Å². The van der Waals surface area contributed by atoms with Crippen LogP contribution in [0.25, 0.3) is 0 Å².